The van der Waals surface area contributed by atoms with Gasteiger partial charge in [0.1, 0.15) is 5.82 Å². The average molecular weight is 296 g/mol. The lowest BCUT2D eigenvalue weighted by Crippen LogP contribution is -2.19. The molecule has 2 rings (SSSR count). The lowest BCUT2D eigenvalue weighted by Gasteiger charge is -2.05. The van der Waals surface area contributed by atoms with Gasteiger partial charge in [-0.1, -0.05) is 29.3 Å². The van der Waals surface area contributed by atoms with Crippen molar-refractivity contribution in [1.82, 2.24) is 4.68 Å². The maximum absolute atomic E-state index is 11.8. The van der Waals surface area contributed by atoms with E-state index in [0.29, 0.717) is 15.6 Å². The van der Waals surface area contributed by atoms with Crippen molar-refractivity contribution in [1.29, 1.82) is 0 Å². The van der Waals surface area contributed by atoms with Gasteiger partial charge in [-0.2, -0.15) is 9.78 Å². The van der Waals surface area contributed by atoms with Gasteiger partial charge < -0.3 is 5.73 Å². The smallest absolute Gasteiger partial charge is 0.273 e. The Bertz CT molecular complexity index is 687. The van der Waals surface area contributed by atoms with E-state index in [-0.39, 0.29) is 11.4 Å². The van der Waals surface area contributed by atoms with Gasteiger partial charge in [0, 0.05) is 11.6 Å². The molecule has 98 valence electrons. The molecule has 2 aromatic rings. The Labute approximate surface area is 120 Å². The third kappa shape index (κ3) is 2.97. The van der Waals surface area contributed by atoms with Crippen molar-refractivity contribution in [3.05, 3.63) is 61.9 Å². The molecule has 19 heavy (non-hydrogen) atoms. The lowest BCUT2D eigenvalue weighted by molar-refractivity contribution is 0.843. The number of halogens is 2. The summed E-state index contributed by atoms with van der Waals surface area (Å²) in [6.45, 7) is 1.79. The number of nitrogen functional groups attached to an aromatic ring is 1. The minimum Gasteiger partial charge on any atom is -0.384 e. The topological polar surface area (TPSA) is 60.4 Å². The summed E-state index contributed by atoms with van der Waals surface area (Å²) in [6, 6.07) is 8.22. The molecule has 0 atom stereocenters. The van der Waals surface area contributed by atoms with Crippen LogP contribution in [0.5, 0.6) is 0 Å². The third-order valence-electron chi connectivity index (χ3n) is 2.48. The van der Waals surface area contributed by atoms with Gasteiger partial charge in [-0.3, -0.25) is 4.79 Å². The summed E-state index contributed by atoms with van der Waals surface area (Å²) in [5.74, 6) is 0.254. The highest BCUT2D eigenvalue weighted by atomic mass is 35.5. The molecule has 0 bridgehead atoms. The number of benzene rings is 1. The largest absolute Gasteiger partial charge is 0.384 e. The van der Waals surface area contributed by atoms with Crippen molar-refractivity contribution in [3.63, 3.8) is 0 Å². The Balaban J connectivity index is 2.47. The summed E-state index contributed by atoms with van der Waals surface area (Å²) in [5, 5.41) is 4.93. The van der Waals surface area contributed by atoms with Crippen LogP contribution >= 0.6 is 23.2 Å². The summed E-state index contributed by atoms with van der Waals surface area (Å²) in [7, 11) is 0. The van der Waals surface area contributed by atoms with Crippen LogP contribution in [0.4, 0.5) is 5.82 Å². The highest BCUT2D eigenvalue weighted by molar-refractivity contribution is 6.38. The van der Waals surface area contributed by atoms with Crippen molar-refractivity contribution in [2.24, 2.45) is 5.10 Å². The molecule has 0 aliphatic rings. The molecule has 1 heterocycles. The molecule has 6 heteroatoms. The Morgan fingerprint density at radius 3 is 2.47 bits per heavy atom. The molecule has 0 saturated carbocycles. The zero-order chi connectivity index (χ0) is 14.0. The summed E-state index contributed by atoms with van der Waals surface area (Å²) < 4.78 is 1.09. The van der Waals surface area contributed by atoms with Crippen LogP contribution < -0.4 is 11.3 Å². The molecule has 0 aliphatic heterocycles. The standard InChI is InChI=1S/C13H11Cl2N3O/c1-8-5-12(16)18(13(19)6-8)17-7-9-10(14)3-2-4-11(9)15/h2-7H,16H2,1H3/b17-7-. The number of rotatable bonds is 2. The van der Waals surface area contributed by atoms with Gasteiger partial charge in [0.15, 0.2) is 0 Å². The van der Waals surface area contributed by atoms with E-state index in [1.165, 1.54) is 12.3 Å². The van der Waals surface area contributed by atoms with E-state index >= 15 is 0 Å². The molecule has 1 aromatic heterocycles. The fourth-order valence-electron chi connectivity index (χ4n) is 1.59. The summed E-state index contributed by atoms with van der Waals surface area (Å²) in [5.41, 5.74) is 6.76. The molecule has 4 nitrogen and oxygen atoms in total. The van der Waals surface area contributed by atoms with Crippen LogP contribution in [0, 0.1) is 6.92 Å². The fraction of sp³-hybridized carbons (Fsp3) is 0.0769. The molecule has 2 N–H and O–H groups in total. The van der Waals surface area contributed by atoms with Crippen molar-refractivity contribution in [2.75, 3.05) is 5.73 Å². The second-order valence-corrected chi connectivity index (χ2v) is 4.80. The number of aromatic nitrogens is 1. The molecule has 0 radical (unpaired) electrons. The first kappa shape index (κ1) is 13.6. The zero-order valence-corrected chi connectivity index (χ0v) is 11.6. The van der Waals surface area contributed by atoms with Crippen LogP contribution in [0.15, 0.2) is 40.2 Å². The Morgan fingerprint density at radius 1 is 1.26 bits per heavy atom. The molecule has 0 fully saturated rings. The van der Waals surface area contributed by atoms with E-state index in [0.717, 1.165) is 10.2 Å². The predicted molar refractivity (Wildman–Crippen MR) is 79.3 cm³/mol. The SMILES string of the molecule is Cc1cc(N)n(/N=C\c2c(Cl)cccc2Cl)c(=O)c1. The molecular weight excluding hydrogens is 285 g/mol. The maximum Gasteiger partial charge on any atom is 0.273 e. The van der Waals surface area contributed by atoms with E-state index in [9.17, 15) is 4.79 Å². The zero-order valence-electron chi connectivity index (χ0n) is 10.1. The van der Waals surface area contributed by atoms with E-state index in [1.54, 1.807) is 31.2 Å². The van der Waals surface area contributed by atoms with Crippen LogP contribution in [0.25, 0.3) is 0 Å². The monoisotopic (exact) mass is 295 g/mol. The molecule has 0 unspecified atom stereocenters. The number of pyridine rings is 1. The lowest BCUT2D eigenvalue weighted by atomic mass is 10.2. The normalized spacial score (nSPS) is 11.1. The molecule has 0 amide bonds. The first-order chi connectivity index (χ1) is 8.99. The minimum atomic E-state index is -0.308. The highest BCUT2D eigenvalue weighted by Gasteiger charge is 2.04. The first-order valence-electron chi connectivity index (χ1n) is 5.46. The number of nitrogens with two attached hydrogens (primary N) is 1. The molecule has 1 aromatic carbocycles. The number of hydrogen-bond donors (Lipinski definition) is 1. The molecule has 0 saturated heterocycles. The fourth-order valence-corrected chi connectivity index (χ4v) is 2.09. The second kappa shape index (κ2) is 5.47. The number of anilines is 1. The van der Waals surface area contributed by atoms with Gasteiger partial charge in [0.2, 0.25) is 0 Å². The van der Waals surface area contributed by atoms with Gasteiger partial charge in [0.05, 0.1) is 16.3 Å². The van der Waals surface area contributed by atoms with Gasteiger partial charge in [-0.15, -0.1) is 0 Å². The highest BCUT2D eigenvalue weighted by Crippen LogP contribution is 2.22. The van der Waals surface area contributed by atoms with E-state index in [4.69, 9.17) is 28.9 Å². The third-order valence-corrected chi connectivity index (χ3v) is 3.14. The molecule has 0 spiro atoms. The van der Waals surface area contributed by atoms with E-state index in [1.807, 2.05) is 0 Å². The van der Waals surface area contributed by atoms with Gasteiger partial charge >= 0.3 is 0 Å². The Kier molecular flexibility index (Phi) is 3.93. The number of aryl methyl sites for hydroxylation is 1. The minimum absolute atomic E-state index is 0.254. The maximum atomic E-state index is 11.8. The average Bonchev–Trinajstić information content (AvgIpc) is 2.31. The van der Waals surface area contributed by atoms with Gasteiger partial charge in [-0.25, -0.2) is 0 Å². The Morgan fingerprint density at radius 2 is 1.89 bits per heavy atom. The van der Waals surface area contributed by atoms with Crippen LogP contribution in [0.1, 0.15) is 11.1 Å². The van der Waals surface area contributed by atoms with Gasteiger partial charge in [0.25, 0.3) is 5.56 Å². The summed E-state index contributed by atoms with van der Waals surface area (Å²) >= 11 is 12.0. The summed E-state index contributed by atoms with van der Waals surface area (Å²) in [6.07, 6.45) is 1.41. The van der Waals surface area contributed by atoms with Crippen molar-refractivity contribution in [2.45, 2.75) is 6.92 Å². The van der Waals surface area contributed by atoms with Crippen molar-refractivity contribution >= 4 is 35.2 Å². The van der Waals surface area contributed by atoms with Crippen molar-refractivity contribution < 1.29 is 0 Å². The van der Waals surface area contributed by atoms with Crippen molar-refractivity contribution in [3.8, 4) is 0 Å². The quantitative estimate of drug-likeness (QED) is 0.866. The van der Waals surface area contributed by atoms with Crippen LogP contribution in [0.2, 0.25) is 10.0 Å². The van der Waals surface area contributed by atoms with E-state index in [2.05, 4.69) is 5.10 Å². The van der Waals surface area contributed by atoms with Crippen LogP contribution in [-0.4, -0.2) is 10.9 Å². The van der Waals surface area contributed by atoms with E-state index < -0.39 is 0 Å². The van der Waals surface area contributed by atoms with Gasteiger partial charge in [-0.05, 0) is 30.7 Å². The molecular formula is C13H11Cl2N3O. The summed E-state index contributed by atoms with van der Waals surface area (Å²) in [4.78, 5) is 11.8. The Hall–Kier alpha value is -1.78. The first-order valence-corrected chi connectivity index (χ1v) is 6.22. The predicted octanol–water partition coefficient (Wildman–Crippen LogP) is 2.93. The number of hydrogen-bond acceptors (Lipinski definition) is 3. The molecule has 0 aliphatic carbocycles. The van der Waals surface area contributed by atoms with Crippen LogP contribution in [-0.2, 0) is 0 Å². The second-order valence-electron chi connectivity index (χ2n) is 3.99. The number of nitrogens with zero attached hydrogens (tertiary/aromatic N) is 2. The van der Waals surface area contributed by atoms with Crippen LogP contribution in [0.3, 0.4) is 0 Å².